The van der Waals surface area contributed by atoms with Gasteiger partial charge in [0.25, 0.3) is 0 Å². The van der Waals surface area contributed by atoms with Gasteiger partial charge < -0.3 is 10.1 Å². The molecule has 1 N–H and O–H groups in total. The van der Waals surface area contributed by atoms with E-state index in [0.717, 1.165) is 23.2 Å². The third kappa shape index (κ3) is 3.41. The second-order valence-electron chi connectivity index (χ2n) is 4.65. The van der Waals surface area contributed by atoms with Gasteiger partial charge in [-0.2, -0.15) is 5.10 Å². The summed E-state index contributed by atoms with van der Waals surface area (Å²) in [5, 5.41) is 7.77. The molecule has 1 heterocycles. The molecule has 0 fully saturated rings. The summed E-state index contributed by atoms with van der Waals surface area (Å²) in [6.07, 6.45) is 2.71. The summed E-state index contributed by atoms with van der Waals surface area (Å²) in [7, 11) is 3.66. The van der Waals surface area contributed by atoms with E-state index in [-0.39, 0.29) is 6.04 Å². The van der Waals surface area contributed by atoms with Crippen molar-refractivity contribution in [3.8, 4) is 5.75 Å². The fraction of sp³-hybridized carbons (Fsp3) is 0.400. The van der Waals surface area contributed by atoms with E-state index >= 15 is 0 Å². The number of methoxy groups -OCH3 is 1. The van der Waals surface area contributed by atoms with E-state index in [1.165, 1.54) is 11.3 Å². The first-order valence-corrected chi connectivity index (χ1v) is 7.48. The summed E-state index contributed by atoms with van der Waals surface area (Å²) >= 11 is 3.62. The van der Waals surface area contributed by atoms with Gasteiger partial charge >= 0.3 is 0 Å². The summed E-state index contributed by atoms with van der Waals surface area (Å²) in [6, 6.07) is 8.35. The van der Waals surface area contributed by atoms with Crippen molar-refractivity contribution in [2.45, 2.75) is 19.4 Å². The van der Waals surface area contributed by atoms with Crippen molar-refractivity contribution in [2.75, 3.05) is 13.7 Å². The molecule has 20 heavy (non-hydrogen) atoms. The summed E-state index contributed by atoms with van der Waals surface area (Å²) in [6.45, 7) is 3.03. The van der Waals surface area contributed by atoms with Gasteiger partial charge in [0, 0.05) is 17.7 Å². The van der Waals surface area contributed by atoms with E-state index in [4.69, 9.17) is 4.74 Å². The lowest BCUT2D eigenvalue weighted by atomic mass is 10.0. The zero-order valence-corrected chi connectivity index (χ0v) is 13.6. The maximum Gasteiger partial charge on any atom is 0.119 e. The van der Waals surface area contributed by atoms with Crippen LogP contribution < -0.4 is 10.1 Å². The molecule has 108 valence electrons. The molecular formula is C15H20BrN3O. The number of nitrogens with zero attached hydrogens (tertiary/aromatic N) is 2. The van der Waals surface area contributed by atoms with Gasteiger partial charge in [0.15, 0.2) is 0 Å². The molecular weight excluding hydrogens is 318 g/mol. The number of benzene rings is 1. The number of ether oxygens (including phenoxy) is 1. The Hall–Kier alpha value is -1.33. The third-order valence-corrected chi connectivity index (χ3v) is 4.12. The smallest absolute Gasteiger partial charge is 0.119 e. The molecule has 1 unspecified atom stereocenters. The van der Waals surface area contributed by atoms with Crippen LogP contribution in [0.3, 0.4) is 0 Å². The predicted octanol–water partition coefficient (Wildman–Crippen LogP) is 3.08. The van der Waals surface area contributed by atoms with Crippen molar-refractivity contribution in [2.24, 2.45) is 7.05 Å². The number of nitrogens with one attached hydrogen (secondary N) is 1. The Morgan fingerprint density at radius 2 is 2.20 bits per heavy atom. The topological polar surface area (TPSA) is 39.1 Å². The minimum Gasteiger partial charge on any atom is -0.497 e. The van der Waals surface area contributed by atoms with Crippen molar-refractivity contribution in [1.82, 2.24) is 15.1 Å². The van der Waals surface area contributed by atoms with Crippen LogP contribution in [0, 0.1) is 0 Å². The lowest BCUT2D eigenvalue weighted by Gasteiger charge is -2.19. The number of rotatable bonds is 6. The van der Waals surface area contributed by atoms with Crippen LogP contribution in [0.25, 0.3) is 0 Å². The Kier molecular flexibility index (Phi) is 5.20. The molecule has 4 nitrogen and oxygen atoms in total. The van der Waals surface area contributed by atoms with E-state index in [9.17, 15) is 0 Å². The fourth-order valence-electron chi connectivity index (χ4n) is 2.31. The Bertz CT molecular complexity index is 568. The molecule has 0 aliphatic carbocycles. The Morgan fingerprint density at radius 3 is 2.80 bits per heavy atom. The fourth-order valence-corrected chi connectivity index (χ4v) is 2.72. The zero-order valence-electron chi connectivity index (χ0n) is 12.1. The van der Waals surface area contributed by atoms with Crippen molar-refractivity contribution in [3.05, 3.63) is 46.2 Å². The van der Waals surface area contributed by atoms with Gasteiger partial charge in [-0.3, -0.25) is 4.68 Å². The average Bonchev–Trinajstić information content (AvgIpc) is 2.86. The molecule has 1 aromatic carbocycles. The molecule has 0 aliphatic heterocycles. The van der Waals surface area contributed by atoms with Crippen LogP contribution in [-0.2, 0) is 13.5 Å². The number of aromatic nitrogens is 2. The maximum atomic E-state index is 5.31. The highest BCUT2D eigenvalue weighted by Crippen LogP contribution is 2.27. The number of halogens is 1. The Balaban J connectivity index is 2.26. The highest BCUT2D eigenvalue weighted by Gasteiger charge is 2.16. The van der Waals surface area contributed by atoms with Crippen molar-refractivity contribution >= 4 is 15.9 Å². The minimum absolute atomic E-state index is 0.232. The first kappa shape index (κ1) is 15.1. The quantitative estimate of drug-likeness (QED) is 0.880. The SMILES string of the molecule is CCNC(Cc1cc(OC)ccc1Br)c1ccnn1C. The molecule has 5 heteroatoms. The standard InChI is InChI=1S/C15H20BrN3O/c1-4-17-14(15-7-8-18-19(15)2)10-11-9-12(20-3)5-6-13(11)16/h5-9,14,17H,4,10H2,1-3H3. The Morgan fingerprint density at radius 1 is 1.40 bits per heavy atom. The molecule has 0 radical (unpaired) electrons. The van der Waals surface area contributed by atoms with Gasteiger partial charge in [-0.15, -0.1) is 0 Å². The van der Waals surface area contributed by atoms with Crippen molar-refractivity contribution in [3.63, 3.8) is 0 Å². The number of aryl methyl sites for hydroxylation is 1. The van der Waals surface area contributed by atoms with Crippen LogP contribution in [0.4, 0.5) is 0 Å². The minimum atomic E-state index is 0.232. The van der Waals surface area contributed by atoms with E-state index in [2.05, 4.69) is 45.4 Å². The first-order valence-electron chi connectivity index (χ1n) is 6.69. The van der Waals surface area contributed by atoms with Crippen LogP contribution >= 0.6 is 15.9 Å². The van der Waals surface area contributed by atoms with Crippen molar-refractivity contribution in [1.29, 1.82) is 0 Å². The lowest BCUT2D eigenvalue weighted by Crippen LogP contribution is -2.25. The third-order valence-electron chi connectivity index (χ3n) is 3.34. The molecule has 0 bridgehead atoms. The van der Waals surface area contributed by atoms with Crippen LogP contribution in [0.1, 0.15) is 24.2 Å². The molecule has 0 amide bonds. The maximum absolute atomic E-state index is 5.31. The summed E-state index contributed by atoms with van der Waals surface area (Å²) < 4.78 is 8.33. The van der Waals surface area contributed by atoms with Crippen LogP contribution in [0.15, 0.2) is 34.9 Å². The van der Waals surface area contributed by atoms with E-state index in [1.54, 1.807) is 7.11 Å². The molecule has 0 aliphatic rings. The number of hydrogen-bond acceptors (Lipinski definition) is 3. The van der Waals surface area contributed by atoms with Gasteiger partial charge in [0.05, 0.1) is 18.8 Å². The lowest BCUT2D eigenvalue weighted by molar-refractivity contribution is 0.413. The molecule has 2 rings (SSSR count). The number of likely N-dealkylation sites (N-methyl/N-ethyl adjacent to an activating group) is 1. The molecule has 0 saturated carbocycles. The van der Waals surface area contributed by atoms with Gasteiger partial charge in [-0.25, -0.2) is 0 Å². The second-order valence-corrected chi connectivity index (χ2v) is 5.51. The van der Waals surface area contributed by atoms with E-state index < -0.39 is 0 Å². The summed E-state index contributed by atoms with van der Waals surface area (Å²) in [5.74, 6) is 0.878. The highest BCUT2D eigenvalue weighted by molar-refractivity contribution is 9.10. The van der Waals surface area contributed by atoms with Crippen LogP contribution in [0.2, 0.25) is 0 Å². The monoisotopic (exact) mass is 337 g/mol. The van der Waals surface area contributed by atoms with E-state index in [0.29, 0.717) is 0 Å². The zero-order chi connectivity index (χ0) is 14.5. The number of hydrogen-bond donors (Lipinski definition) is 1. The average molecular weight is 338 g/mol. The molecule has 2 aromatic rings. The molecule has 1 aromatic heterocycles. The predicted molar refractivity (Wildman–Crippen MR) is 84.0 cm³/mol. The van der Waals surface area contributed by atoms with Crippen LogP contribution in [0.5, 0.6) is 5.75 Å². The first-order chi connectivity index (χ1) is 9.65. The van der Waals surface area contributed by atoms with Gasteiger partial charge in [-0.1, -0.05) is 22.9 Å². The molecule has 0 spiro atoms. The largest absolute Gasteiger partial charge is 0.497 e. The highest BCUT2D eigenvalue weighted by atomic mass is 79.9. The normalized spacial score (nSPS) is 12.4. The van der Waals surface area contributed by atoms with Gasteiger partial charge in [0.1, 0.15) is 5.75 Å². The molecule has 1 atom stereocenters. The molecule has 0 saturated heterocycles. The summed E-state index contributed by atoms with van der Waals surface area (Å²) in [5.41, 5.74) is 2.40. The van der Waals surface area contributed by atoms with Crippen molar-refractivity contribution < 1.29 is 4.74 Å². The Labute approximate surface area is 128 Å². The van der Waals surface area contributed by atoms with Gasteiger partial charge in [-0.05, 0) is 42.8 Å². The second kappa shape index (κ2) is 6.90. The van der Waals surface area contributed by atoms with Gasteiger partial charge in [0.2, 0.25) is 0 Å². The van der Waals surface area contributed by atoms with Crippen LogP contribution in [-0.4, -0.2) is 23.4 Å². The van der Waals surface area contributed by atoms with E-state index in [1.807, 2.05) is 30.1 Å². The summed E-state index contributed by atoms with van der Waals surface area (Å²) in [4.78, 5) is 0.